The molecule has 118 valence electrons. The van der Waals surface area contributed by atoms with Crippen LogP contribution in [0.5, 0.6) is 0 Å². The van der Waals surface area contributed by atoms with Crippen molar-refractivity contribution in [2.24, 2.45) is 5.92 Å². The van der Waals surface area contributed by atoms with Crippen molar-refractivity contribution in [3.8, 4) is 0 Å². The lowest BCUT2D eigenvalue weighted by Gasteiger charge is -2.27. The fraction of sp³-hybridized carbons (Fsp3) is 0.867. The Morgan fingerprint density at radius 1 is 1.43 bits per heavy atom. The summed E-state index contributed by atoms with van der Waals surface area (Å²) in [6, 6.07) is 0.480. The van der Waals surface area contributed by atoms with Crippen molar-refractivity contribution in [3.05, 3.63) is 11.7 Å². The number of hydrogen-bond donors (Lipinski definition) is 1. The Kier molecular flexibility index (Phi) is 4.87. The summed E-state index contributed by atoms with van der Waals surface area (Å²) < 4.78 is 11.2. The molecule has 2 heterocycles. The van der Waals surface area contributed by atoms with Gasteiger partial charge in [0.15, 0.2) is 0 Å². The second-order valence-electron chi connectivity index (χ2n) is 6.27. The molecule has 0 amide bonds. The first-order valence-corrected chi connectivity index (χ1v) is 8.12. The van der Waals surface area contributed by atoms with Crippen molar-refractivity contribution >= 4 is 0 Å². The lowest BCUT2D eigenvalue weighted by molar-refractivity contribution is -0.0264. The van der Waals surface area contributed by atoms with E-state index in [2.05, 4.69) is 34.3 Å². The number of hydrogen-bond acceptors (Lipinski definition) is 6. The number of nitrogens with one attached hydrogen (secondary N) is 1. The molecule has 21 heavy (non-hydrogen) atoms. The zero-order chi connectivity index (χ0) is 14.7. The van der Waals surface area contributed by atoms with Gasteiger partial charge in [0.1, 0.15) is 6.10 Å². The van der Waals surface area contributed by atoms with E-state index in [0.29, 0.717) is 11.9 Å². The number of aromatic nitrogens is 2. The van der Waals surface area contributed by atoms with Gasteiger partial charge in [0.2, 0.25) is 11.7 Å². The van der Waals surface area contributed by atoms with E-state index in [1.165, 1.54) is 12.8 Å². The van der Waals surface area contributed by atoms with Crippen LogP contribution in [0.15, 0.2) is 4.52 Å². The van der Waals surface area contributed by atoms with E-state index < -0.39 is 0 Å². The van der Waals surface area contributed by atoms with Crippen molar-refractivity contribution in [2.75, 3.05) is 33.3 Å². The van der Waals surface area contributed by atoms with Gasteiger partial charge in [-0.1, -0.05) is 12.1 Å². The minimum absolute atomic E-state index is 0.0516. The van der Waals surface area contributed by atoms with E-state index in [-0.39, 0.29) is 6.10 Å². The van der Waals surface area contributed by atoms with Crippen molar-refractivity contribution in [1.29, 1.82) is 0 Å². The Morgan fingerprint density at radius 3 is 3.00 bits per heavy atom. The Morgan fingerprint density at radius 2 is 2.29 bits per heavy atom. The minimum atomic E-state index is -0.0516. The monoisotopic (exact) mass is 294 g/mol. The van der Waals surface area contributed by atoms with Crippen molar-refractivity contribution in [2.45, 2.75) is 44.8 Å². The molecule has 1 aromatic heterocycles. The number of rotatable bonds is 7. The highest BCUT2D eigenvalue weighted by atomic mass is 16.5. The van der Waals surface area contributed by atoms with E-state index in [9.17, 15) is 0 Å². The molecule has 0 spiro atoms. The first-order valence-electron chi connectivity index (χ1n) is 8.12. The third-order valence-electron chi connectivity index (χ3n) is 4.28. The van der Waals surface area contributed by atoms with Crippen LogP contribution in [0, 0.1) is 5.92 Å². The van der Waals surface area contributed by atoms with Crippen LogP contribution >= 0.6 is 0 Å². The van der Waals surface area contributed by atoms with Gasteiger partial charge in [-0.05, 0) is 38.8 Å². The molecule has 6 nitrogen and oxygen atoms in total. The highest BCUT2D eigenvalue weighted by Gasteiger charge is 2.32. The molecule has 2 aliphatic rings. The number of likely N-dealkylation sites (N-methyl/N-ethyl adjacent to an activating group) is 1. The summed E-state index contributed by atoms with van der Waals surface area (Å²) in [5.74, 6) is 2.22. The molecule has 0 aromatic carbocycles. The average Bonchev–Trinajstić information content (AvgIpc) is 3.22. The van der Waals surface area contributed by atoms with Crippen LogP contribution in [0.3, 0.4) is 0 Å². The van der Waals surface area contributed by atoms with Gasteiger partial charge in [-0.25, -0.2) is 0 Å². The summed E-state index contributed by atoms with van der Waals surface area (Å²) >= 11 is 0. The Bertz CT molecular complexity index is 447. The molecule has 1 aliphatic carbocycles. The van der Waals surface area contributed by atoms with Crippen LogP contribution in [0.2, 0.25) is 0 Å². The zero-order valence-electron chi connectivity index (χ0n) is 13.0. The largest absolute Gasteiger partial charge is 0.367 e. The molecule has 3 rings (SSSR count). The SMILES string of the molecule is CCCNC(Cc1nc(C2CN(C)CCO2)no1)C1CC1. The minimum Gasteiger partial charge on any atom is -0.367 e. The molecular formula is C15H26N4O2. The molecule has 6 heteroatoms. The van der Waals surface area contributed by atoms with E-state index in [0.717, 1.165) is 50.9 Å². The van der Waals surface area contributed by atoms with Gasteiger partial charge >= 0.3 is 0 Å². The maximum Gasteiger partial charge on any atom is 0.228 e. The summed E-state index contributed by atoms with van der Waals surface area (Å²) in [6.07, 6.45) is 4.57. The second kappa shape index (κ2) is 6.85. The zero-order valence-corrected chi connectivity index (χ0v) is 13.0. The quantitative estimate of drug-likeness (QED) is 0.820. The summed E-state index contributed by atoms with van der Waals surface area (Å²) in [5, 5.41) is 7.73. The topological polar surface area (TPSA) is 63.4 Å². The van der Waals surface area contributed by atoms with Crippen molar-refractivity contribution in [3.63, 3.8) is 0 Å². The Labute approximate surface area is 126 Å². The van der Waals surface area contributed by atoms with Gasteiger partial charge in [-0.3, -0.25) is 0 Å². The molecule has 1 aliphatic heterocycles. The molecule has 2 unspecified atom stereocenters. The summed E-state index contributed by atoms with van der Waals surface area (Å²) in [7, 11) is 2.09. The van der Waals surface area contributed by atoms with Gasteiger partial charge in [-0.2, -0.15) is 4.98 Å². The van der Waals surface area contributed by atoms with Crippen LogP contribution in [0.25, 0.3) is 0 Å². The van der Waals surface area contributed by atoms with Crippen LogP contribution < -0.4 is 5.32 Å². The summed E-state index contributed by atoms with van der Waals surface area (Å²) in [6.45, 7) is 5.77. The van der Waals surface area contributed by atoms with Gasteiger partial charge in [0.05, 0.1) is 6.61 Å². The standard InChI is InChI=1S/C15H26N4O2/c1-3-6-16-12(11-4-5-11)9-14-17-15(18-21-14)13-10-19(2)7-8-20-13/h11-13,16H,3-10H2,1-2H3. The molecule has 2 atom stereocenters. The van der Waals surface area contributed by atoms with E-state index >= 15 is 0 Å². The fourth-order valence-corrected chi connectivity index (χ4v) is 2.84. The lowest BCUT2D eigenvalue weighted by atomic mass is 10.1. The van der Waals surface area contributed by atoms with Gasteiger partial charge in [-0.15, -0.1) is 0 Å². The second-order valence-corrected chi connectivity index (χ2v) is 6.27. The molecular weight excluding hydrogens is 268 g/mol. The first-order chi connectivity index (χ1) is 10.3. The molecule has 0 radical (unpaired) electrons. The van der Waals surface area contributed by atoms with Crippen LogP contribution in [-0.4, -0.2) is 54.4 Å². The van der Waals surface area contributed by atoms with Gasteiger partial charge in [0, 0.05) is 25.6 Å². The smallest absolute Gasteiger partial charge is 0.228 e. The predicted molar refractivity (Wildman–Crippen MR) is 79.0 cm³/mol. The maximum absolute atomic E-state index is 5.74. The predicted octanol–water partition coefficient (Wildman–Crippen LogP) is 1.39. The van der Waals surface area contributed by atoms with E-state index in [4.69, 9.17) is 9.26 Å². The molecule has 1 saturated carbocycles. The highest BCUT2D eigenvalue weighted by molar-refractivity contribution is 4.98. The van der Waals surface area contributed by atoms with Gasteiger partial charge in [0.25, 0.3) is 0 Å². The molecule has 1 saturated heterocycles. The van der Waals surface area contributed by atoms with Crippen LogP contribution in [-0.2, 0) is 11.2 Å². The van der Waals surface area contributed by atoms with Crippen molar-refractivity contribution in [1.82, 2.24) is 20.4 Å². The first kappa shape index (κ1) is 14.9. The maximum atomic E-state index is 5.74. The third-order valence-corrected chi connectivity index (χ3v) is 4.28. The van der Waals surface area contributed by atoms with E-state index in [1.54, 1.807) is 0 Å². The van der Waals surface area contributed by atoms with Crippen LogP contribution in [0.1, 0.15) is 44.0 Å². The van der Waals surface area contributed by atoms with Gasteiger partial charge < -0.3 is 19.5 Å². The average molecular weight is 294 g/mol. The Balaban J connectivity index is 1.58. The normalized spacial score (nSPS) is 25.1. The van der Waals surface area contributed by atoms with Crippen molar-refractivity contribution < 1.29 is 9.26 Å². The van der Waals surface area contributed by atoms with Crippen LogP contribution in [0.4, 0.5) is 0 Å². The molecule has 1 N–H and O–H groups in total. The highest BCUT2D eigenvalue weighted by Crippen LogP contribution is 2.34. The summed E-state index contributed by atoms with van der Waals surface area (Å²) in [4.78, 5) is 6.79. The molecule has 1 aromatic rings. The lowest BCUT2D eigenvalue weighted by Crippen LogP contribution is -2.35. The summed E-state index contributed by atoms with van der Waals surface area (Å²) in [5.41, 5.74) is 0. The number of nitrogens with zero attached hydrogens (tertiary/aromatic N) is 3. The Hall–Kier alpha value is -0.980. The van der Waals surface area contributed by atoms with E-state index in [1.807, 2.05) is 0 Å². The molecule has 0 bridgehead atoms. The third kappa shape index (κ3) is 4.02. The number of ether oxygens (including phenoxy) is 1. The number of morpholine rings is 1. The fourth-order valence-electron chi connectivity index (χ4n) is 2.84. The molecule has 2 fully saturated rings.